The second-order valence-electron chi connectivity index (χ2n) is 3.96. The van der Waals surface area contributed by atoms with E-state index in [-0.39, 0.29) is 23.2 Å². The van der Waals surface area contributed by atoms with Crippen molar-refractivity contribution in [3.63, 3.8) is 0 Å². The fourth-order valence-electron chi connectivity index (χ4n) is 1.56. The lowest BCUT2D eigenvalue weighted by Gasteiger charge is -2.08. The first-order valence-corrected chi connectivity index (χ1v) is 5.54. The second kappa shape index (κ2) is 4.97. The number of hydrogen-bond donors (Lipinski definition) is 3. The minimum atomic E-state index is -0.575. The van der Waals surface area contributed by atoms with Gasteiger partial charge in [0.25, 0.3) is 0 Å². The molecule has 6 nitrogen and oxygen atoms in total. The van der Waals surface area contributed by atoms with E-state index in [0.717, 1.165) is 11.8 Å². The normalized spacial score (nSPS) is 10.3. The van der Waals surface area contributed by atoms with E-state index in [0.29, 0.717) is 5.56 Å². The van der Waals surface area contributed by atoms with Crippen molar-refractivity contribution in [3.8, 4) is 0 Å². The highest BCUT2D eigenvalue weighted by Crippen LogP contribution is 2.16. The molecule has 0 radical (unpaired) electrons. The lowest BCUT2D eigenvalue weighted by atomic mass is 10.1. The summed E-state index contributed by atoms with van der Waals surface area (Å²) in [6, 6.07) is 1.72. The molecule has 2 aromatic rings. The third-order valence-electron chi connectivity index (χ3n) is 2.53. The van der Waals surface area contributed by atoms with Crippen molar-refractivity contribution in [2.45, 2.75) is 6.92 Å². The number of aryl methyl sites for hydroxylation is 1. The van der Waals surface area contributed by atoms with E-state index in [1.165, 1.54) is 0 Å². The number of halogens is 1. The maximum Gasteiger partial charge on any atom is 0.183 e. The van der Waals surface area contributed by atoms with E-state index < -0.39 is 5.82 Å². The summed E-state index contributed by atoms with van der Waals surface area (Å²) < 4.78 is 13.3. The third kappa shape index (κ3) is 2.49. The van der Waals surface area contributed by atoms with Crippen LogP contribution in [0.5, 0.6) is 0 Å². The Labute approximate surface area is 109 Å². The molecule has 4 N–H and O–H groups in total. The molecule has 7 heteroatoms. The minimum Gasteiger partial charge on any atom is -0.383 e. The quantitative estimate of drug-likeness (QED) is 0.723. The van der Waals surface area contributed by atoms with Gasteiger partial charge in [-0.2, -0.15) is 0 Å². The Bertz CT molecular complexity index is 640. The highest BCUT2D eigenvalue weighted by atomic mass is 19.1. The van der Waals surface area contributed by atoms with Crippen LogP contribution in [0, 0.1) is 18.2 Å². The van der Waals surface area contributed by atoms with E-state index in [2.05, 4.69) is 20.3 Å². The topological polar surface area (TPSA) is 101 Å². The number of nitrogens with two attached hydrogens (primary N) is 1. The van der Waals surface area contributed by atoms with Gasteiger partial charge in [0, 0.05) is 18.8 Å². The molecule has 98 valence electrons. The average Bonchev–Trinajstić information content (AvgIpc) is 2.41. The molecule has 0 atom stereocenters. The standard InChI is InChI=1S/C12H13FN6/c1-6-3-7(10(15)17-4-6)9(14)12-18-5-8(13)11(16-2)19-12/h3-5,14H,1-2H3,(H2,15,17)(H,16,18,19). The van der Waals surface area contributed by atoms with Crippen molar-refractivity contribution in [2.75, 3.05) is 18.1 Å². The van der Waals surface area contributed by atoms with Gasteiger partial charge in [-0.15, -0.1) is 0 Å². The predicted octanol–water partition coefficient (Wildman–Crippen LogP) is 1.36. The molecular weight excluding hydrogens is 247 g/mol. The first-order valence-electron chi connectivity index (χ1n) is 5.54. The number of aromatic nitrogens is 3. The molecule has 0 spiro atoms. The van der Waals surface area contributed by atoms with Crippen LogP contribution < -0.4 is 11.1 Å². The summed E-state index contributed by atoms with van der Waals surface area (Å²) in [6.07, 6.45) is 2.62. The number of hydrogen-bond acceptors (Lipinski definition) is 6. The number of nitrogens with zero attached hydrogens (tertiary/aromatic N) is 3. The maximum atomic E-state index is 13.3. The van der Waals surface area contributed by atoms with Crippen molar-refractivity contribution in [1.82, 2.24) is 15.0 Å². The van der Waals surface area contributed by atoms with Crippen LogP contribution in [0.1, 0.15) is 17.0 Å². The summed E-state index contributed by atoms with van der Waals surface area (Å²) >= 11 is 0. The monoisotopic (exact) mass is 260 g/mol. The van der Waals surface area contributed by atoms with E-state index >= 15 is 0 Å². The van der Waals surface area contributed by atoms with Gasteiger partial charge in [0.15, 0.2) is 17.5 Å². The molecule has 2 heterocycles. The summed E-state index contributed by atoms with van der Waals surface area (Å²) in [5.74, 6) is -0.234. The van der Waals surface area contributed by atoms with Gasteiger partial charge < -0.3 is 11.1 Å². The van der Waals surface area contributed by atoms with E-state index in [1.807, 2.05) is 6.92 Å². The zero-order valence-corrected chi connectivity index (χ0v) is 10.5. The highest BCUT2D eigenvalue weighted by Gasteiger charge is 2.14. The summed E-state index contributed by atoms with van der Waals surface area (Å²) in [5.41, 5.74) is 7.03. The van der Waals surface area contributed by atoms with E-state index in [9.17, 15) is 4.39 Å². The lowest BCUT2D eigenvalue weighted by molar-refractivity contribution is 0.617. The lowest BCUT2D eigenvalue weighted by Crippen LogP contribution is -2.13. The van der Waals surface area contributed by atoms with E-state index in [1.54, 1.807) is 19.3 Å². The van der Waals surface area contributed by atoms with Crippen LogP contribution in [0.25, 0.3) is 0 Å². The maximum absolute atomic E-state index is 13.3. The average molecular weight is 260 g/mol. The van der Waals surface area contributed by atoms with Crippen LogP contribution >= 0.6 is 0 Å². The van der Waals surface area contributed by atoms with Crippen LogP contribution in [0.3, 0.4) is 0 Å². The van der Waals surface area contributed by atoms with Gasteiger partial charge in [-0.1, -0.05) is 0 Å². The number of rotatable bonds is 3. The van der Waals surface area contributed by atoms with E-state index in [4.69, 9.17) is 11.1 Å². The fraction of sp³-hybridized carbons (Fsp3) is 0.167. The Morgan fingerprint density at radius 1 is 1.37 bits per heavy atom. The zero-order valence-electron chi connectivity index (χ0n) is 10.5. The highest BCUT2D eigenvalue weighted by molar-refractivity contribution is 6.11. The van der Waals surface area contributed by atoms with Crippen LogP contribution in [0.4, 0.5) is 16.0 Å². The largest absolute Gasteiger partial charge is 0.383 e. The molecule has 0 bridgehead atoms. The van der Waals surface area contributed by atoms with Gasteiger partial charge in [-0.05, 0) is 18.6 Å². The fourth-order valence-corrected chi connectivity index (χ4v) is 1.56. The molecule has 0 amide bonds. The molecule has 2 aromatic heterocycles. The van der Waals surface area contributed by atoms with Crippen LogP contribution in [0.2, 0.25) is 0 Å². The van der Waals surface area contributed by atoms with Gasteiger partial charge >= 0.3 is 0 Å². The van der Waals surface area contributed by atoms with Crippen LogP contribution in [-0.2, 0) is 0 Å². The molecule has 2 rings (SSSR count). The van der Waals surface area contributed by atoms with Gasteiger partial charge in [-0.25, -0.2) is 19.3 Å². The van der Waals surface area contributed by atoms with Crippen molar-refractivity contribution in [3.05, 3.63) is 41.2 Å². The molecule has 19 heavy (non-hydrogen) atoms. The molecular formula is C12H13FN6. The van der Waals surface area contributed by atoms with Crippen LogP contribution in [0.15, 0.2) is 18.5 Å². The Morgan fingerprint density at radius 3 is 2.79 bits per heavy atom. The number of pyridine rings is 1. The van der Waals surface area contributed by atoms with Gasteiger partial charge in [0.2, 0.25) is 0 Å². The molecule has 0 aliphatic rings. The Balaban J connectivity index is 2.47. The van der Waals surface area contributed by atoms with Crippen molar-refractivity contribution < 1.29 is 4.39 Å². The molecule has 0 aromatic carbocycles. The van der Waals surface area contributed by atoms with Gasteiger partial charge in [-0.3, -0.25) is 5.41 Å². The van der Waals surface area contributed by atoms with Gasteiger partial charge in [0.05, 0.1) is 6.20 Å². The zero-order chi connectivity index (χ0) is 14.0. The Hall–Kier alpha value is -2.57. The first-order chi connectivity index (χ1) is 9.02. The molecule has 0 saturated carbocycles. The third-order valence-corrected chi connectivity index (χ3v) is 2.53. The molecule has 0 aliphatic carbocycles. The summed E-state index contributed by atoms with van der Waals surface area (Å²) in [5, 5.41) is 10.7. The van der Waals surface area contributed by atoms with Crippen molar-refractivity contribution in [2.24, 2.45) is 0 Å². The van der Waals surface area contributed by atoms with Crippen molar-refractivity contribution >= 4 is 17.3 Å². The molecule has 0 fully saturated rings. The Kier molecular flexibility index (Phi) is 3.37. The predicted molar refractivity (Wildman–Crippen MR) is 70.9 cm³/mol. The van der Waals surface area contributed by atoms with Crippen molar-refractivity contribution in [1.29, 1.82) is 5.41 Å². The Morgan fingerprint density at radius 2 is 2.11 bits per heavy atom. The first kappa shape index (κ1) is 12.9. The summed E-state index contributed by atoms with van der Waals surface area (Å²) in [6.45, 7) is 1.84. The molecule has 0 saturated heterocycles. The molecule has 0 unspecified atom stereocenters. The smallest absolute Gasteiger partial charge is 0.183 e. The van der Waals surface area contributed by atoms with Crippen LogP contribution in [-0.4, -0.2) is 27.7 Å². The second-order valence-corrected chi connectivity index (χ2v) is 3.96. The molecule has 0 aliphatic heterocycles. The number of anilines is 2. The SMILES string of the molecule is CNc1nc(C(=N)c2cc(C)cnc2N)ncc1F. The minimum absolute atomic E-state index is 0.00481. The number of nitrogens with one attached hydrogen (secondary N) is 2. The summed E-state index contributed by atoms with van der Waals surface area (Å²) in [7, 11) is 1.54. The number of nitrogen functional groups attached to an aromatic ring is 1. The summed E-state index contributed by atoms with van der Waals surface area (Å²) in [4.78, 5) is 11.7. The van der Waals surface area contributed by atoms with Gasteiger partial charge in [0.1, 0.15) is 11.5 Å².